The lowest BCUT2D eigenvalue weighted by atomic mass is 10.1. The summed E-state index contributed by atoms with van der Waals surface area (Å²) in [6, 6.07) is 6.36. The third-order valence-corrected chi connectivity index (χ3v) is 3.50. The second-order valence-electron chi connectivity index (χ2n) is 3.66. The average Bonchev–Trinajstić information content (AvgIpc) is 2.29. The molecule has 1 atom stereocenters. The molecule has 17 heavy (non-hydrogen) atoms. The van der Waals surface area contributed by atoms with Crippen molar-refractivity contribution >= 4 is 34.5 Å². The van der Waals surface area contributed by atoms with Gasteiger partial charge in [-0.25, -0.2) is 4.79 Å². The fraction of sp³-hybridized carbons (Fsp3) is 0.333. The zero-order chi connectivity index (χ0) is 13.0. The van der Waals surface area contributed by atoms with Gasteiger partial charge in [-0.15, -0.1) is 0 Å². The zero-order valence-corrected chi connectivity index (χ0v) is 11.8. The molecule has 4 nitrogen and oxygen atoms in total. The normalized spacial score (nSPS) is 11.9. The number of nitrogens with zero attached hydrogens (tertiary/aromatic N) is 1. The number of carbonyl (C=O) groups excluding carboxylic acids is 1. The van der Waals surface area contributed by atoms with Crippen LogP contribution >= 0.6 is 22.6 Å². The van der Waals surface area contributed by atoms with Crippen LogP contribution in [-0.4, -0.2) is 35.0 Å². The molecule has 0 aliphatic rings. The molecule has 0 aliphatic heterocycles. The second kappa shape index (κ2) is 6.00. The van der Waals surface area contributed by atoms with Crippen molar-refractivity contribution in [2.24, 2.45) is 0 Å². The molecule has 0 saturated heterocycles. The predicted octanol–water partition coefficient (Wildman–Crippen LogP) is 2.23. The van der Waals surface area contributed by atoms with E-state index in [2.05, 4.69) is 22.6 Å². The van der Waals surface area contributed by atoms with E-state index in [1.807, 2.05) is 12.1 Å². The average molecular weight is 347 g/mol. The van der Waals surface area contributed by atoms with E-state index in [0.717, 1.165) is 3.57 Å². The maximum atomic E-state index is 12.1. The lowest BCUT2D eigenvalue weighted by Gasteiger charge is -2.24. The van der Waals surface area contributed by atoms with E-state index in [1.165, 1.54) is 11.9 Å². The molecule has 0 heterocycles. The van der Waals surface area contributed by atoms with Crippen LogP contribution in [-0.2, 0) is 4.79 Å². The quantitative estimate of drug-likeness (QED) is 0.850. The summed E-state index contributed by atoms with van der Waals surface area (Å²) < 4.78 is 0.821. The number of carboxylic acids is 1. The van der Waals surface area contributed by atoms with E-state index in [9.17, 15) is 9.59 Å². The third-order valence-electron chi connectivity index (χ3n) is 2.56. The van der Waals surface area contributed by atoms with E-state index >= 15 is 0 Å². The Labute approximate surface area is 114 Å². The number of halogens is 1. The van der Waals surface area contributed by atoms with Crippen LogP contribution in [0.3, 0.4) is 0 Å². The Morgan fingerprint density at radius 3 is 2.47 bits per heavy atom. The summed E-state index contributed by atoms with van der Waals surface area (Å²) in [4.78, 5) is 24.4. The summed E-state index contributed by atoms with van der Waals surface area (Å²) in [7, 11) is 1.52. The first kappa shape index (κ1) is 14.0. The molecule has 1 aromatic rings. The Morgan fingerprint density at radius 2 is 2.00 bits per heavy atom. The van der Waals surface area contributed by atoms with E-state index in [0.29, 0.717) is 12.0 Å². The second-order valence-corrected chi connectivity index (χ2v) is 4.82. The molecule has 0 aromatic heterocycles. The Kier molecular flexibility index (Phi) is 4.92. The van der Waals surface area contributed by atoms with Gasteiger partial charge >= 0.3 is 5.97 Å². The van der Waals surface area contributed by atoms with Gasteiger partial charge in [0.1, 0.15) is 6.04 Å². The van der Waals surface area contributed by atoms with Crippen LogP contribution in [0.2, 0.25) is 0 Å². The number of likely N-dealkylation sites (N-methyl/N-ethyl adjacent to an activating group) is 1. The first-order chi connectivity index (χ1) is 7.99. The molecule has 92 valence electrons. The highest BCUT2D eigenvalue weighted by Gasteiger charge is 2.26. The minimum Gasteiger partial charge on any atom is -0.480 e. The van der Waals surface area contributed by atoms with Crippen molar-refractivity contribution in [2.45, 2.75) is 19.4 Å². The number of carboxylic acid groups (broad SMARTS) is 1. The lowest BCUT2D eigenvalue weighted by Crippen LogP contribution is -2.42. The van der Waals surface area contributed by atoms with Gasteiger partial charge in [0.05, 0.1) is 5.56 Å². The first-order valence-electron chi connectivity index (χ1n) is 5.23. The molecule has 0 bridgehead atoms. The van der Waals surface area contributed by atoms with Crippen LogP contribution in [0.25, 0.3) is 0 Å². The minimum absolute atomic E-state index is 0.260. The fourth-order valence-electron chi connectivity index (χ4n) is 1.58. The maximum absolute atomic E-state index is 12.1. The largest absolute Gasteiger partial charge is 0.480 e. The van der Waals surface area contributed by atoms with E-state index in [4.69, 9.17) is 5.11 Å². The fourth-order valence-corrected chi connectivity index (χ4v) is 2.20. The lowest BCUT2D eigenvalue weighted by molar-refractivity contribution is -0.142. The number of amides is 1. The molecule has 0 spiro atoms. The maximum Gasteiger partial charge on any atom is 0.326 e. The van der Waals surface area contributed by atoms with Crippen LogP contribution in [0, 0.1) is 3.57 Å². The summed E-state index contributed by atoms with van der Waals surface area (Å²) in [6.45, 7) is 1.75. The molecule has 0 saturated carbocycles. The van der Waals surface area contributed by atoms with Crippen molar-refractivity contribution in [3.63, 3.8) is 0 Å². The highest BCUT2D eigenvalue weighted by molar-refractivity contribution is 14.1. The summed E-state index contributed by atoms with van der Waals surface area (Å²) in [5.74, 6) is -1.24. The van der Waals surface area contributed by atoms with Gasteiger partial charge in [-0.1, -0.05) is 19.1 Å². The summed E-state index contributed by atoms with van der Waals surface area (Å²) in [6.07, 6.45) is 0.390. The molecular formula is C12H14INO3. The van der Waals surface area contributed by atoms with Crippen molar-refractivity contribution in [2.75, 3.05) is 7.05 Å². The summed E-state index contributed by atoms with van der Waals surface area (Å²) in [5.41, 5.74) is 0.537. The highest BCUT2D eigenvalue weighted by atomic mass is 127. The number of hydrogen-bond donors (Lipinski definition) is 1. The predicted molar refractivity (Wildman–Crippen MR) is 73.0 cm³/mol. The molecule has 1 amide bonds. The van der Waals surface area contributed by atoms with Gasteiger partial charge in [0.25, 0.3) is 5.91 Å². The van der Waals surface area contributed by atoms with Crippen LogP contribution in [0.5, 0.6) is 0 Å². The SMILES string of the molecule is CCC(C(=O)O)N(C)C(=O)c1ccccc1I. The van der Waals surface area contributed by atoms with Crippen LogP contribution in [0.15, 0.2) is 24.3 Å². The van der Waals surface area contributed by atoms with Crippen LogP contribution < -0.4 is 0 Å². The molecule has 0 fully saturated rings. The molecule has 1 aromatic carbocycles. The highest BCUT2D eigenvalue weighted by Crippen LogP contribution is 2.15. The Morgan fingerprint density at radius 1 is 1.41 bits per heavy atom. The van der Waals surface area contributed by atoms with Gasteiger partial charge in [-0.3, -0.25) is 4.79 Å². The van der Waals surface area contributed by atoms with Crippen LogP contribution in [0.1, 0.15) is 23.7 Å². The van der Waals surface area contributed by atoms with Gasteiger partial charge in [0.15, 0.2) is 0 Å². The van der Waals surface area contributed by atoms with Crippen molar-refractivity contribution in [3.05, 3.63) is 33.4 Å². The van der Waals surface area contributed by atoms with Crippen molar-refractivity contribution in [1.82, 2.24) is 4.90 Å². The summed E-state index contributed by atoms with van der Waals surface area (Å²) in [5, 5.41) is 9.01. The molecule has 0 radical (unpaired) electrons. The van der Waals surface area contributed by atoms with Crippen molar-refractivity contribution in [3.8, 4) is 0 Å². The topological polar surface area (TPSA) is 57.6 Å². The monoisotopic (exact) mass is 347 g/mol. The van der Waals surface area contributed by atoms with Gasteiger partial charge in [0.2, 0.25) is 0 Å². The standard InChI is InChI=1S/C12H14INO3/c1-3-10(12(16)17)14(2)11(15)8-6-4-5-7-9(8)13/h4-7,10H,3H2,1-2H3,(H,16,17). The zero-order valence-electron chi connectivity index (χ0n) is 9.68. The first-order valence-corrected chi connectivity index (χ1v) is 6.31. The Hall–Kier alpha value is -1.11. The number of benzene rings is 1. The third kappa shape index (κ3) is 3.18. The van der Waals surface area contributed by atoms with Crippen LogP contribution in [0.4, 0.5) is 0 Å². The molecule has 1 rings (SSSR count). The molecule has 1 unspecified atom stereocenters. The van der Waals surface area contributed by atoms with E-state index < -0.39 is 12.0 Å². The number of carbonyl (C=O) groups is 2. The van der Waals surface area contributed by atoms with Gasteiger partial charge in [0, 0.05) is 10.6 Å². The minimum atomic E-state index is -0.978. The van der Waals surface area contributed by atoms with Gasteiger partial charge in [-0.05, 0) is 41.1 Å². The van der Waals surface area contributed by atoms with E-state index in [1.54, 1.807) is 19.1 Å². The summed E-state index contributed by atoms with van der Waals surface area (Å²) >= 11 is 2.07. The van der Waals surface area contributed by atoms with Gasteiger partial charge in [-0.2, -0.15) is 0 Å². The number of aliphatic carboxylic acids is 1. The number of rotatable bonds is 4. The Bertz CT molecular complexity index is 434. The molecule has 1 N–H and O–H groups in total. The van der Waals surface area contributed by atoms with Crippen molar-refractivity contribution < 1.29 is 14.7 Å². The van der Waals surface area contributed by atoms with E-state index in [-0.39, 0.29) is 5.91 Å². The number of hydrogen-bond acceptors (Lipinski definition) is 2. The molecule has 5 heteroatoms. The molecule has 0 aliphatic carbocycles. The van der Waals surface area contributed by atoms with Crippen molar-refractivity contribution in [1.29, 1.82) is 0 Å². The smallest absolute Gasteiger partial charge is 0.326 e. The Balaban J connectivity index is 2.98. The molecular weight excluding hydrogens is 333 g/mol. The van der Waals surface area contributed by atoms with Gasteiger partial charge < -0.3 is 10.0 Å².